The molecule has 2 aromatic carbocycles. The molecule has 0 amide bonds. The van der Waals surface area contributed by atoms with E-state index in [0.717, 1.165) is 53.7 Å². The van der Waals surface area contributed by atoms with E-state index in [0.29, 0.717) is 12.3 Å². The van der Waals surface area contributed by atoms with Crippen LogP contribution < -0.4 is 4.90 Å². The Hall–Kier alpha value is -3.47. The van der Waals surface area contributed by atoms with Crippen LogP contribution in [-0.2, 0) is 0 Å². The molecule has 30 heavy (non-hydrogen) atoms. The number of H-pyrrole nitrogens is 1. The van der Waals surface area contributed by atoms with Crippen molar-refractivity contribution in [2.75, 3.05) is 18.0 Å². The number of piperidine rings is 1. The van der Waals surface area contributed by atoms with Crippen molar-refractivity contribution in [3.05, 3.63) is 78.6 Å². The first-order chi connectivity index (χ1) is 14.8. The van der Waals surface area contributed by atoms with Gasteiger partial charge in [0.25, 0.3) is 0 Å². The van der Waals surface area contributed by atoms with Crippen molar-refractivity contribution in [2.24, 2.45) is 5.92 Å². The molecular weight excluding hydrogens is 372 g/mol. The summed E-state index contributed by atoms with van der Waals surface area (Å²) in [6.07, 6.45) is 6.32. The average molecular weight is 396 g/mol. The molecule has 1 unspecified atom stereocenters. The molecule has 150 valence electrons. The lowest BCUT2D eigenvalue weighted by molar-refractivity contribution is 0.0957. The normalized spacial score (nSPS) is 16.7. The summed E-state index contributed by atoms with van der Waals surface area (Å²) in [4.78, 5) is 19.6. The van der Waals surface area contributed by atoms with E-state index in [1.54, 1.807) is 12.4 Å². The van der Waals surface area contributed by atoms with Gasteiger partial charge >= 0.3 is 0 Å². The van der Waals surface area contributed by atoms with Crippen LogP contribution in [-0.4, -0.2) is 34.1 Å². The number of anilines is 1. The van der Waals surface area contributed by atoms with Crippen LogP contribution in [0.1, 0.15) is 29.6 Å². The molecular formula is C25H24N4O. The first kappa shape index (κ1) is 18.6. The maximum atomic E-state index is 13.1. The van der Waals surface area contributed by atoms with Gasteiger partial charge in [0, 0.05) is 54.1 Å². The van der Waals surface area contributed by atoms with E-state index in [2.05, 4.69) is 44.3 Å². The maximum Gasteiger partial charge on any atom is 0.163 e. The number of aromatic amines is 1. The van der Waals surface area contributed by atoms with Crippen molar-refractivity contribution in [3.63, 3.8) is 0 Å². The fourth-order valence-corrected chi connectivity index (χ4v) is 4.40. The number of Topliss-reactive ketones (excluding diaryl/α,β-unsaturated/α-hetero) is 1. The maximum absolute atomic E-state index is 13.1. The van der Waals surface area contributed by atoms with E-state index in [4.69, 9.17) is 0 Å². The Balaban J connectivity index is 1.35. The molecule has 0 saturated carbocycles. The number of benzene rings is 2. The molecule has 1 atom stereocenters. The Labute approximate surface area is 175 Å². The summed E-state index contributed by atoms with van der Waals surface area (Å²) in [7, 11) is 0. The van der Waals surface area contributed by atoms with Crippen LogP contribution in [0, 0.1) is 5.92 Å². The first-order valence-electron chi connectivity index (χ1n) is 10.5. The number of ketones is 1. The van der Waals surface area contributed by atoms with Crippen molar-refractivity contribution < 1.29 is 4.79 Å². The van der Waals surface area contributed by atoms with E-state index in [1.807, 2.05) is 36.4 Å². The van der Waals surface area contributed by atoms with E-state index < -0.39 is 0 Å². The lowest BCUT2D eigenvalue weighted by Crippen LogP contribution is -2.36. The third-order valence-electron chi connectivity index (χ3n) is 5.95. The second-order valence-corrected chi connectivity index (χ2v) is 7.99. The number of carbonyl (C=O) groups excluding carboxylic acids is 1. The SMILES string of the molecule is O=C(CC1CCCN(c2ccccc2)C1)c1ccc2[nH]nc(-c3ccncc3)c2c1. The first-order valence-corrected chi connectivity index (χ1v) is 10.5. The highest BCUT2D eigenvalue weighted by molar-refractivity contribution is 6.02. The van der Waals surface area contributed by atoms with Gasteiger partial charge in [-0.15, -0.1) is 0 Å². The summed E-state index contributed by atoms with van der Waals surface area (Å²) >= 11 is 0. The summed E-state index contributed by atoms with van der Waals surface area (Å²) < 4.78 is 0. The van der Waals surface area contributed by atoms with Gasteiger partial charge in [0.05, 0.1) is 5.52 Å². The van der Waals surface area contributed by atoms with Crippen molar-refractivity contribution in [3.8, 4) is 11.3 Å². The molecule has 1 aliphatic heterocycles. The molecule has 1 N–H and O–H groups in total. The number of hydrogen-bond acceptors (Lipinski definition) is 4. The van der Waals surface area contributed by atoms with Crippen LogP contribution in [0.2, 0.25) is 0 Å². The molecule has 2 aromatic heterocycles. The Morgan fingerprint density at radius 2 is 1.90 bits per heavy atom. The molecule has 3 heterocycles. The van der Waals surface area contributed by atoms with Gasteiger partial charge in [-0.1, -0.05) is 18.2 Å². The molecule has 0 radical (unpaired) electrons. The van der Waals surface area contributed by atoms with Crippen molar-refractivity contribution in [2.45, 2.75) is 19.3 Å². The fourth-order valence-electron chi connectivity index (χ4n) is 4.40. The Kier molecular flexibility index (Phi) is 5.01. The van der Waals surface area contributed by atoms with Crippen LogP contribution in [0.4, 0.5) is 5.69 Å². The second kappa shape index (κ2) is 8.11. The number of fused-ring (bicyclic) bond motifs is 1. The summed E-state index contributed by atoms with van der Waals surface area (Å²) in [6.45, 7) is 2.00. The van der Waals surface area contributed by atoms with Crippen molar-refractivity contribution >= 4 is 22.4 Å². The van der Waals surface area contributed by atoms with Crippen molar-refractivity contribution in [1.29, 1.82) is 0 Å². The molecule has 1 fully saturated rings. The Morgan fingerprint density at radius 3 is 2.73 bits per heavy atom. The minimum absolute atomic E-state index is 0.207. The number of hydrogen-bond donors (Lipinski definition) is 1. The zero-order valence-electron chi connectivity index (χ0n) is 16.8. The van der Waals surface area contributed by atoms with Crippen LogP contribution in [0.25, 0.3) is 22.2 Å². The van der Waals surface area contributed by atoms with Gasteiger partial charge in [-0.25, -0.2) is 0 Å². The van der Waals surface area contributed by atoms with Gasteiger partial charge < -0.3 is 4.90 Å². The third kappa shape index (κ3) is 3.71. The molecule has 5 heteroatoms. The van der Waals surface area contributed by atoms with Gasteiger partial charge in [-0.3, -0.25) is 14.9 Å². The lowest BCUT2D eigenvalue weighted by atomic mass is 9.90. The molecule has 4 aromatic rings. The number of pyridine rings is 1. The van der Waals surface area contributed by atoms with Gasteiger partial charge in [-0.2, -0.15) is 5.10 Å². The van der Waals surface area contributed by atoms with Gasteiger partial charge in [0.1, 0.15) is 5.69 Å². The Bertz CT molecular complexity index is 1150. The van der Waals surface area contributed by atoms with Gasteiger partial charge in [-0.05, 0) is 61.2 Å². The number of nitrogens with zero attached hydrogens (tertiary/aromatic N) is 3. The molecule has 0 bridgehead atoms. The summed E-state index contributed by atoms with van der Waals surface area (Å²) in [5.74, 6) is 0.588. The number of carbonyl (C=O) groups is 1. The predicted molar refractivity (Wildman–Crippen MR) is 120 cm³/mol. The molecule has 0 spiro atoms. The summed E-state index contributed by atoms with van der Waals surface area (Å²) in [5.41, 5.74) is 4.79. The largest absolute Gasteiger partial charge is 0.371 e. The minimum atomic E-state index is 0.207. The zero-order valence-corrected chi connectivity index (χ0v) is 16.8. The molecule has 5 rings (SSSR count). The van der Waals surface area contributed by atoms with Crippen LogP contribution in [0.3, 0.4) is 0 Å². The summed E-state index contributed by atoms with van der Waals surface area (Å²) in [6, 6.07) is 20.2. The highest BCUT2D eigenvalue weighted by Crippen LogP contribution is 2.29. The molecule has 0 aliphatic carbocycles. The van der Waals surface area contributed by atoms with Gasteiger partial charge in [0.2, 0.25) is 0 Å². The molecule has 1 aliphatic rings. The monoisotopic (exact) mass is 396 g/mol. The van der Waals surface area contributed by atoms with E-state index >= 15 is 0 Å². The smallest absolute Gasteiger partial charge is 0.163 e. The summed E-state index contributed by atoms with van der Waals surface area (Å²) in [5, 5.41) is 8.50. The quantitative estimate of drug-likeness (QED) is 0.476. The number of rotatable bonds is 5. The van der Waals surface area contributed by atoms with Crippen molar-refractivity contribution in [1.82, 2.24) is 15.2 Å². The third-order valence-corrected chi connectivity index (χ3v) is 5.95. The topological polar surface area (TPSA) is 61.9 Å². The van der Waals surface area contributed by atoms with Crippen LogP contribution in [0.15, 0.2) is 73.1 Å². The van der Waals surface area contributed by atoms with Crippen LogP contribution >= 0.6 is 0 Å². The van der Waals surface area contributed by atoms with E-state index in [9.17, 15) is 4.79 Å². The average Bonchev–Trinajstić information content (AvgIpc) is 3.24. The van der Waals surface area contributed by atoms with E-state index in [1.165, 1.54) is 5.69 Å². The highest BCUT2D eigenvalue weighted by Gasteiger charge is 2.23. The Morgan fingerprint density at radius 1 is 1.07 bits per heavy atom. The molecule has 1 saturated heterocycles. The fraction of sp³-hybridized carbons (Fsp3) is 0.240. The standard InChI is InChI=1S/C25H24N4O/c30-24(15-18-5-4-14-29(17-18)21-6-2-1-3-7-21)20-8-9-23-22(16-20)25(28-27-23)19-10-12-26-13-11-19/h1-3,6-13,16,18H,4-5,14-15,17H2,(H,27,28). The minimum Gasteiger partial charge on any atom is -0.371 e. The number of nitrogens with one attached hydrogen (secondary N) is 1. The second-order valence-electron chi connectivity index (χ2n) is 7.99. The highest BCUT2D eigenvalue weighted by atomic mass is 16.1. The molecule has 5 nitrogen and oxygen atoms in total. The van der Waals surface area contributed by atoms with E-state index in [-0.39, 0.29) is 5.78 Å². The van der Waals surface area contributed by atoms with Gasteiger partial charge in [0.15, 0.2) is 5.78 Å². The predicted octanol–water partition coefficient (Wildman–Crippen LogP) is 5.11. The number of para-hydroxylation sites is 1. The number of aromatic nitrogens is 3. The van der Waals surface area contributed by atoms with Crippen LogP contribution in [0.5, 0.6) is 0 Å². The lowest BCUT2D eigenvalue weighted by Gasteiger charge is -2.34. The zero-order chi connectivity index (χ0) is 20.3.